The van der Waals surface area contributed by atoms with Crippen molar-refractivity contribution in [2.45, 2.75) is 187 Å². The first-order chi connectivity index (χ1) is 21.5. The zero-order valence-electron chi connectivity index (χ0n) is 30.3. The maximum Gasteiger partial charge on any atom is 0.268 e. The molecule has 0 aliphatic heterocycles. The Hall–Kier alpha value is -0.500. The number of hydrogen-bond donors (Lipinski definition) is 2. The van der Waals surface area contributed by atoms with Crippen LogP contribution in [0.4, 0.5) is 0 Å². The summed E-state index contributed by atoms with van der Waals surface area (Å²) >= 11 is 0. The van der Waals surface area contributed by atoms with Crippen LogP contribution >= 0.6 is 7.82 Å². The SMILES string of the molecule is CCCCCCCCCCCCCCCCCC(O)C(COP(=O)([O-])OCC[N+](C)(C)C)NC(=O)CCCCCCCCCC. The minimum absolute atomic E-state index is 0.0153. The van der Waals surface area contributed by atoms with Crippen LogP contribution in [0.25, 0.3) is 0 Å². The molecule has 0 fully saturated rings. The second-order valence-electron chi connectivity index (χ2n) is 14.3. The second-order valence-corrected chi connectivity index (χ2v) is 15.7. The molecule has 1 amide bonds. The first-order valence-corrected chi connectivity index (χ1v) is 20.3. The summed E-state index contributed by atoms with van der Waals surface area (Å²) < 4.78 is 23.1. The van der Waals surface area contributed by atoms with Crippen LogP contribution in [-0.4, -0.2) is 68.5 Å². The highest BCUT2D eigenvalue weighted by Crippen LogP contribution is 2.38. The summed E-state index contributed by atoms with van der Waals surface area (Å²) in [6.07, 6.45) is 28.2. The number of aliphatic hydroxyl groups excluding tert-OH is 1. The van der Waals surface area contributed by atoms with Gasteiger partial charge in [-0.25, -0.2) is 0 Å². The monoisotopic (exact) mass is 663 g/mol. The average molecular weight is 663 g/mol. The lowest BCUT2D eigenvalue weighted by atomic mass is 10.0. The predicted molar refractivity (Wildman–Crippen MR) is 187 cm³/mol. The summed E-state index contributed by atoms with van der Waals surface area (Å²) in [5, 5.41) is 13.8. The lowest BCUT2D eigenvalue weighted by molar-refractivity contribution is -0.870. The fourth-order valence-electron chi connectivity index (χ4n) is 5.51. The van der Waals surface area contributed by atoms with Crippen LogP contribution < -0.4 is 10.2 Å². The van der Waals surface area contributed by atoms with Crippen molar-refractivity contribution >= 4 is 13.7 Å². The third-order valence-electron chi connectivity index (χ3n) is 8.60. The molecule has 0 bridgehead atoms. The second kappa shape index (κ2) is 29.6. The Labute approximate surface area is 279 Å². The Morgan fingerprint density at radius 3 is 1.51 bits per heavy atom. The zero-order valence-corrected chi connectivity index (χ0v) is 31.2. The van der Waals surface area contributed by atoms with Gasteiger partial charge in [0.15, 0.2) is 0 Å². The number of likely N-dealkylation sites (N-methyl/N-ethyl adjacent to an activating group) is 1. The van der Waals surface area contributed by atoms with Gasteiger partial charge in [-0.1, -0.05) is 155 Å². The summed E-state index contributed by atoms with van der Waals surface area (Å²) in [7, 11) is 1.31. The van der Waals surface area contributed by atoms with Gasteiger partial charge in [-0.15, -0.1) is 0 Å². The van der Waals surface area contributed by atoms with Gasteiger partial charge in [0.2, 0.25) is 5.91 Å². The molecule has 270 valence electrons. The highest BCUT2D eigenvalue weighted by molar-refractivity contribution is 7.45. The lowest BCUT2D eigenvalue weighted by Crippen LogP contribution is -2.46. The third-order valence-corrected chi connectivity index (χ3v) is 9.56. The van der Waals surface area contributed by atoms with E-state index in [1.54, 1.807) is 0 Å². The van der Waals surface area contributed by atoms with Crippen LogP contribution in [0.5, 0.6) is 0 Å². The molecule has 3 unspecified atom stereocenters. The maximum absolute atomic E-state index is 12.7. The normalized spacial score (nSPS) is 14.7. The molecule has 0 aliphatic rings. The standard InChI is InChI=1S/C36H75N2O6P/c1-6-8-10-12-14-16-17-18-19-20-21-22-23-25-27-29-35(39)34(33-44-45(41,42)43-32-31-38(3,4)5)37-36(40)30-28-26-24-15-13-11-9-7-2/h34-35,39H,6-33H2,1-5H3,(H-,37,40,41,42). The first-order valence-electron chi connectivity index (χ1n) is 18.9. The van der Waals surface area contributed by atoms with Crippen LogP contribution in [0.2, 0.25) is 0 Å². The van der Waals surface area contributed by atoms with Gasteiger partial charge in [-0.2, -0.15) is 0 Å². The van der Waals surface area contributed by atoms with Crippen molar-refractivity contribution in [3.8, 4) is 0 Å². The van der Waals surface area contributed by atoms with Gasteiger partial charge in [0.05, 0.1) is 39.9 Å². The largest absolute Gasteiger partial charge is 0.756 e. The highest BCUT2D eigenvalue weighted by Gasteiger charge is 2.24. The van der Waals surface area contributed by atoms with E-state index in [0.717, 1.165) is 38.5 Å². The van der Waals surface area contributed by atoms with Crippen LogP contribution in [-0.2, 0) is 18.4 Å². The van der Waals surface area contributed by atoms with E-state index < -0.39 is 20.0 Å². The van der Waals surface area contributed by atoms with Crippen molar-refractivity contribution in [2.24, 2.45) is 0 Å². The number of carbonyl (C=O) groups is 1. The minimum Gasteiger partial charge on any atom is -0.756 e. The Bertz CT molecular complexity index is 718. The number of phosphoric acid groups is 1. The van der Waals surface area contributed by atoms with E-state index >= 15 is 0 Å². The number of rotatable bonds is 34. The van der Waals surface area contributed by atoms with Crippen molar-refractivity contribution in [3.05, 3.63) is 0 Å². The molecule has 8 nitrogen and oxygen atoms in total. The number of nitrogens with one attached hydrogen (secondary N) is 1. The van der Waals surface area contributed by atoms with Crippen molar-refractivity contribution in [2.75, 3.05) is 40.9 Å². The Kier molecular flexibility index (Phi) is 29.3. The molecule has 2 N–H and O–H groups in total. The Morgan fingerprint density at radius 1 is 0.689 bits per heavy atom. The summed E-state index contributed by atoms with van der Waals surface area (Å²) in [6.45, 7) is 4.68. The number of quaternary nitrogens is 1. The van der Waals surface area contributed by atoms with Gasteiger partial charge in [-0.05, 0) is 12.8 Å². The molecule has 0 aliphatic carbocycles. The topological polar surface area (TPSA) is 108 Å². The smallest absolute Gasteiger partial charge is 0.268 e. The number of carbonyl (C=O) groups excluding carboxylic acids is 1. The quantitative estimate of drug-likeness (QED) is 0.0405. The average Bonchev–Trinajstić information content (AvgIpc) is 2.97. The van der Waals surface area contributed by atoms with Gasteiger partial charge in [0, 0.05) is 6.42 Å². The molecule has 0 aromatic rings. The molecule has 0 radical (unpaired) electrons. The molecule has 0 saturated carbocycles. The third kappa shape index (κ3) is 31.8. The van der Waals surface area contributed by atoms with Gasteiger partial charge in [0.25, 0.3) is 7.82 Å². The molecular weight excluding hydrogens is 587 g/mol. The zero-order chi connectivity index (χ0) is 33.7. The number of nitrogens with zero attached hydrogens (tertiary/aromatic N) is 1. The van der Waals surface area contributed by atoms with Crippen molar-refractivity contribution < 1.29 is 32.9 Å². The van der Waals surface area contributed by atoms with Crippen molar-refractivity contribution in [3.63, 3.8) is 0 Å². The summed E-state index contributed by atoms with van der Waals surface area (Å²) in [5.41, 5.74) is 0. The molecular formula is C36H75N2O6P. The van der Waals surface area contributed by atoms with Crippen LogP contribution in [0.1, 0.15) is 174 Å². The number of phosphoric ester groups is 1. The maximum atomic E-state index is 12.7. The molecule has 9 heteroatoms. The van der Waals surface area contributed by atoms with Gasteiger partial charge >= 0.3 is 0 Å². The molecule has 0 aromatic carbocycles. The molecule has 45 heavy (non-hydrogen) atoms. The molecule has 0 heterocycles. The van der Waals surface area contributed by atoms with Gasteiger partial charge in [-0.3, -0.25) is 9.36 Å². The van der Waals surface area contributed by atoms with E-state index in [-0.39, 0.29) is 19.1 Å². The fraction of sp³-hybridized carbons (Fsp3) is 0.972. The van der Waals surface area contributed by atoms with E-state index in [9.17, 15) is 19.4 Å². The molecule has 0 saturated heterocycles. The predicted octanol–water partition coefficient (Wildman–Crippen LogP) is 8.83. The van der Waals surface area contributed by atoms with Gasteiger partial charge in [0.1, 0.15) is 13.2 Å². The Morgan fingerprint density at radius 2 is 1.09 bits per heavy atom. The van der Waals surface area contributed by atoms with E-state index in [2.05, 4.69) is 19.2 Å². The van der Waals surface area contributed by atoms with E-state index in [0.29, 0.717) is 23.9 Å². The highest BCUT2D eigenvalue weighted by atomic mass is 31.2. The summed E-state index contributed by atoms with van der Waals surface area (Å²) in [4.78, 5) is 25.1. The minimum atomic E-state index is -4.54. The lowest BCUT2D eigenvalue weighted by Gasteiger charge is -2.30. The van der Waals surface area contributed by atoms with Crippen molar-refractivity contribution in [1.82, 2.24) is 5.32 Å². The molecule has 0 aromatic heterocycles. The fourth-order valence-corrected chi connectivity index (χ4v) is 6.23. The van der Waals surface area contributed by atoms with Crippen LogP contribution in [0, 0.1) is 0 Å². The molecule has 3 atom stereocenters. The van der Waals surface area contributed by atoms with Crippen LogP contribution in [0.15, 0.2) is 0 Å². The molecule has 0 rings (SSSR count). The number of aliphatic hydroxyl groups is 1. The van der Waals surface area contributed by atoms with Crippen molar-refractivity contribution in [1.29, 1.82) is 0 Å². The number of unbranched alkanes of at least 4 members (excludes halogenated alkanes) is 21. The summed E-state index contributed by atoms with van der Waals surface area (Å²) in [6, 6.07) is -0.789. The van der Waals surface area contributed by atoms with Crippen LogP contribution in [0.3, 0.4) is 0 Å². The van der Waals surface area contributed by atoms with E-state index in [1.807, 2.05) is 21.1 Å². The number of hydrogen-bond acceptors (Lipinski definition) is 6. The van der Waals surface area contributed by atoms with E-state index in [1.165, 1.54) is 109 Å². The van der Waals surface area contributed by atoms with E-state index in [4.69, 9.17) is 9.05 Å². The Balaban J connectivity index is 4.40. The summed E-state index contributed by atoms with van der Waals surface area (Å²) in [5.74, 6) is -0.170. The van der Waals surface area contributed by atoms with Gasteiger partial charge < -0.3 is 28.8 Å². The molecule has 0 spiro atoms. The number of amides is 1. The first kappa shape index (κ1) is 44.5.